The molecule has 26 heavy (non-hydrogen) atoms. The molecule has 0 aliphatic carbocycles. The first-order valence-electron chi connectivity index (χ1n) is 8.81. The van der Waals surface area contributed by atoms with Crippen LogP contribution in [0.2, 0.25) is 0 Å². The third kappa shape index (κ3) is 4.76. The van der Waals surface area contributed by atoms with Crippen LogP contribution in [0, 0.1) is 0 Å². The van der Waals surface area contributed by atoms with Crippen molar-refractivity contribution in [2.75, 3.05) is 0 Å². The van der Waals surface area contributed by atoms with Crippen molar-refractivity contribution in [3.05, 3.63) is 71.5 Å². The molecule has 1 aromatic carbocycles. The van der Waals surface area contributed by atoms with Crippen molar-refractivity contribution >= 4 is 17.2 Å². The number of rotatable bonds is 7. The second-order valence-corrected chi connectivity index (χ2v) is 7.34. The standard InChI is InChI=1S/C21H23N3OS/c1-16(2)24(14-17-6-4-3-5-7-17)20(25)9-8-19-15-26-21(23-19)18-10-12-22-13-11-18/h3-7,10-13,15-16H,8-9,14H2,1-2H3. The van der Waals surface area contributed by atoms with Gasteiger partial charge >= 0.3 is 0 Å². The van der Waals surface area contributed by atoms with Crippen molar-refractivity contribution in [1.82, 2.24) is 14.9 Å². The molecule has 0 fully saturated rings. The number of hydrogen-bond donors (Lipinski definition) is 0. The maximum Gasteiger partial charge on any atom is 0.223 e. The highest BCUT2D eigenvalue weighted by Gasteiger charge is 2.17. The minimum atomic E-state index is 0.169. The number of amides is 1. The van der Waals surface area contributed by atoms with Gasteiger partial charge in [0.25, 0.3) is 0 Å². The lowest BCUT2D eigenvalue weighted by Crippen LogP contribution is -2.36. The zero-order chi connectivity index (χ0) is 18.4. The number of pyridine rings is 1. The van der Waals surface area contributed by atoms with E-state index in [1.165, 1.54) is 0 Å². The SMILES string of the molecule is CC(C)N(Cc1ccccc1)C(=O)CCc1csc(-c2ccncc2)n1. The molecule has 1 amide bonds. The molecule has 5 heteroatoms. The summed E-state index contributed by atoms with van der Waals surface area (Å²) in [4.78, 5) is 23.4. The average Bonchev–Trinajstić information content (AvgIpc) is 3.14. The van der Waals surface area contributed by atoms with Crippen LogP contribution in [0.5, 0.6) is 0 Å². The minimum Gasteiger partial charge on any atom is -0.336 e. The Bertz CT molecular complexity index is 831. The molecule has 3 aromatic rings. The van der Waals surface area contributed by atoms with Crippen LogP contribution < -0.4 is 0 Å². The van der Waals surface area contributed by atoms with E-state index in [9.17, 15) is 4.79 Å². The van der Waals surface area contributed by atoms with Crippen molar-refractivity contribution in [2.45, 2.75) is 39.3 Å². The third-order valence-electron chi connectivity index (χ3n) is 4.21. The third-order valence-corrected chi connectivity index (χ3v) is 5.15. The highest BCUT2D eigenvalue weighted by atomic mass is 32.1. The van der Waals surface area contributed by atoms with Gasteiger partial charge in [0.15, 0.2) is 0 Å². The van der Waals surface area contributed by atoms with Crippen molar-refractivity contribution in [3.63, 3.8) is 0 Å². The van der Waals surface area contributed by atoms with Crippen molar-refractivity contribution in [1.29, 1.82) is 0 Å². The fourth-order valence-electron chi connectivity index (χ4n) is 2.77. The zero-order valence-electron chi connectivity index (χ0n) is 15.1. The molecule has 0 aliphatic rings. The Hall–Kier alpha value is -2.53. The molecule has 2 heterocycles. The number of benzene rings is 1. The highest BCUT2D eigenvalue weighted by Crippen LogP contribution is 2.23. The quantitative estimate of drug-likeness (QED) is 0.616. The lowest BCUT2D eigenvalue weighted by atomic mass is 10.1. The van der Waals surface area contributed by atoms with Crippen LogP contribution in [0.15, 0.2) is 60.2 Å². The summed E-state index contributed by atoms with van der Waals surface area (Å²) in [6.45, 7) is 4.77. The molecule has 3 rings (SSSR count). The number of thiazole rings is 1. The van der Waals surface area contributed by atoms with Gasteiger partial charge in [-0.25, -0.2) is 4.98 Å². The maximum atomic E-state index is 12.7. The second-order valence-electron chi connectivity index (χ2n) is 6.48. The molecule has 0 spiro atoms. The normalized spacial score (nSPS) is 10.9. The summed E-state index contributed by atoms with van der Waals surface area (Å²) in [5.74, 6) is 0.169. The lowest BCUT2D eigenvalue weighted by molar-refractivity contribution is -0.133. The molecule has 0 aliphatic heterocycles. The van der Waals surface area contributed by atoms with Gasteiger partial charge < -0.3 is 4.90 Å². The average molecular weight is 366 g/mol. The summed E-state index contributed by atoms with van der Waals surface area (Å²) < 4.78 is 0. The molecule has 0 saturated carbocycles. The fourth-order valence-corrected chi connectivity index (χ4v) is 3.63. The molecule has 2 aromatic heterocycles. The number of aryl methyl sites for hydroxylation is 1. The van der Waals surface area contributed by atoms with Gasteiger partial charge in [0.2, 0.25) is 5.91 Å². The van der Waals surface area contributed by atoms with Crippen LogP contribution in [-0.2, 0) is 17.8 Å². The smallest absolute Gasteiger partial charge is 0.223 e. The Balaban J connectivity index is 1.61. The molecule has 0 N–H and O–H groups in total. The van der Waals surface area contributed by atoms with E-state index >= 15 is 0 Å². The van der Waals surface area contributed by atoms with Crippen LogP contribution in [0.4, 0.5) is 0 Å². The van der Waals surface area contributed by atoms with E-state index in [0.717, 1.165) is 21.8 Å². The zero-order valence-corrected chi connectivity index (χ0v) is 15.9. The second kappa shape index (κ2) is 8.72. The molecule has 0 unspecified atom stereocenters. The Morgan fingerprint density at radius 2 is 1.85 bits per heavy atom. The number of hydrogen-bond acceptors (Lipinski definition) is 4. The van der Waals surface area contributed by atoms with E-state index in [0.29, 0.717) is 19.4 Å². The van der Waals surface area contributed by atoms with Crippen LogP contribution in [0.3, 0.4) is 0 Å². The van der Waals surface area contributed by atoms with Gasteiger partial charge in [0, 0.05) is 42.3 Å². The van der Waals surface area contributed by atoms with E-state index in [1.54, 1.807) is 23.7 Å². The number of carbonyl (C=O) groups excluding carboxylic acids is 1. The molecule has 4 nitrogen and oxygen atoms in total. The first-order valence-corrected chi connectivity index (χ1v) is 9.69. The van der Waals surface area contributed by atoms with Crippen LogP contribution in [0.1, 0.15) is 31.5 Å². The summed E-state index contributed by atoms with van der Waals surface area (Å²) in [5, 5.41) is 3.01. The number of carbonyl (C=O) groups is 1. The largest absolute Gasteiger partial charge is 0.336 e. The van der Waals surface area contributed by atoms with E-state index in [1.807, 2.05) is 40.6 Å². The maximum absolute atomic E-state index is 12.7. The van der Waals surface area contributed by atoms with Gasteiger partial charge in [-0.15, -0.1) is 11.3 Å². The van der Waals surface area contributed by atoms with Crippen LogP contribution in [-0.4, -0.2) is 26.8 Å². The van der Waals surface area contributed by atoms with Gasteiger partial charge in [-0.05, 0) is 38.0 Å². The number of aromatic nitrogens is 2. The van der Waals surface area contributed by atoms with Crippen molar-refractivity contribution < 1.29 is 4.79 Å². The predicted octanol–water partition coefficient (Wildman–Crippen LogP) is 4.57. The topological polar surface area (TPSA) is 46.1 Å². The van der Waals surface area contributed by atoms with Gasteiger partial charge in [-0.1, -0.05) is 30.3 Å². The van der Waals surface area contributed by atoms with Crippen LogP contribution in [0.25, 0.3) is 10.6 Å². The number of nitrogens with zero attached hydrogens (tertiary/aromatic N) is 3. The first kappa shape index (κ1) is 18.3. The molecule has 0 radical (unpaired) electrons. The van der Waals surface area contributed by atoms with E-state index in [-0.39, 0.29) is 11.9 Å². The highest BCUT2D eigenvalue weighted by molar-refractivity contribution is 7.13. The molecule has 134 valence electrons. The predicted molar refractivity (Wildman–Crippen MR) is 106 cm³/mol. The Kier molecular flexibility index (Phi) is 6.12. The van der Waals surface area contributed by atoms with Gasteiger partial charge in [-0.2, -0.15) is 0 Å². The molecule has 0 bridgehead atoms. The summed E-state index contributed by atoms with van der Waals surface area (Å²) in [5.41, 5.74) is 3.19. The summed E-state index contributed by atoms with van der Waals surface area (Å²) >= 11 is 1.61. The van der Waals surface area contributed by atoms with Crippen molar-refractivity contribution in [3.8, 4) is 10.6 Å². The molecule has 0 saturated heterocycles. The van der Waals surface area contributed by atoms with Gasteiger partial charge in [0.05, 0.1) is 5.69 Å². The monoisotopic (exact) mass is 365 g/mol. The Morgan fingerprint density at radius 1 is 1.12 bits per heavy atom. The first-order chi connectivity index (χ1) is 12.6. The molecular formula is C21H23N3OS. The summed E-state index contributed by atoms with van der Waals surface area (Å²) in [6.07, 6.45) is 4.68. The summed E-state index contributed by atoms with van der Waals surface area (Å²) in [6, 6.07) is 14.2. The summed E-state index contributed by atoms with van der Waals surface area (Å²) in [7, 11) is 0. The van der Waals surface area contributed by atoms with E-state index in [4.69, 9.17) is 0 Å². The fraction of sp³-hybridized carbons (Fsp3) is 0.286. The van der Waals surface area contributed by atoms with Gasteiger partial charge in [-0.3, -0.25) is 9.78 Å². The Morgan fingerprint density at radius 3 is 2.54 bits per heavy atom. The minimum absolute atomic E-state index is 0.169. The van der Waals surface area contributed by atoms with Crippen LogP contribution >= 0.6 is 11.3 Å². The lowest BCUT2D eigenvalue weighted by Gasteiger charge is -2.27. The molecule has 0 atom stereocenters. The van der Waals surface area contributed by atoms with E-state index < -0.39 is 0 Å². The van der Waals surface area contributed by atoms with Crippen molar-refractivity contribution in [2.24, 2.45) is 0 Å². The molecular weight excluding hydrogens is 342 g/mol. The van der Waals surface area contributed by atoms with Gasteiger partial charge in [0.1, 0.15) is 5.01 Å². The Labute approximate surface area is 158 Å². The van der Waals surface area contributed by atoms with E-state index in [2.05, 4.69) is 35.9 Å².